The Hall–Kier alpha value is -0.640. The van der Waals surface area contributed by atoms with Crippen molar-refractivity contribution < 1.29 is 14.9 Å². The second kappa shape index (κ2) is 6.70. The van der Waals surface area contributed by atoms with Crippen LogP contribution in [0.15, 0.2) is 24.3 Å². The molecule has 0 bridgehead atoms. The lowest BCUT2D eigenvalue weighted by Crippen LogP contribution is -2.25. The molecule has 132 valence electrons. The van der Waals surface area contributed by atoms with E-state index in [0.29, 0.717) is 24.7 Å². The maximum Gasteiger partial charge on any atom is 0.0920 e. The molecule has 0 aromatic rings. The van der Waals surface area contributed by atoms with E-state index in [9.17, 15) is 10.2 Å². The summed E-state index contributed by atoms with van der Waals surface area (Å²) >= 11 is 0. The van der Waals surface area contributed by atoms with Crippen molar-refractivity contribution in [3.63, 3.8) is 0 Å². The fraction of sp³-hybridized carbons (Fsp3) is 0.800. The summed E-state index contributed by atoms with van der Waals surface area (Å²) in [5.74, 6) is 1.00. The predicted molar refractivity (Wildman–Crippen MR) is 94.2 cm³/mol. The second-order valence-electron chi connectivity index (χ2n) is 8.58. The van der Waals surface area contributed by atoms with Crippen LogP contribution in [0.4, 0.5) is 0 Å². The number of fused-ring (bicyclic) bond motifs is 1. The van der Waals surface area contributed by atoms with Gasteiger partial charge in [0.05, 0.1) is 22.9 Å². The van der Waals surface area contributed by atoms with E-state index in [4.69, 9.17) is 4.74 Å². The topological polar surface area (TPSA) is 53.0 Å². The zero-order valence-electron chi connectivity index (χ0n) is 15.4. The van der Waals surface area contributed by atoms with Gasteiger partial charge in [0, 0.05) is 0 Å². The van der Waals surface area contributed by atoms with Crippen LogP contribution in [0.3, 0.4) is 0 Å². The lowest BCUT2D eigenvalue weighted by molar-refractivity contribution is 0.0932. The highest BCUT2D eigenvalue weighted by Gasteiger charge is 2.51. The Labute approximate surface area is 141 Å². The van der Waals surface area contributed by atoms with Crippen LogP contribution in [0.2, 0.25) is 0 Å². The Morgan fingerprint density at radius 2 is 1.70 bits per heavy atom. The zero-order chi connectivity index (χ0) is 17.3. The summed E-state index contributed by atoms with van der Waals surface area (Å²) in [6.45, 7) is 10.3. The second-order valence-corrected chi connectivity index (χ2v) is 8.58. The van der Waals surface area contributed by atoms with Crippen molar-refractivity contribution in [1.82, 2.24) is 0 Å². The molecule has 0 spiro atoms. The highest BCUT2D eigenvalue weighted by molar-refractivity contribution is 5.10. The molecule has 2 N–H and O–H groups in total. The van der Waals surface area contributed by atoms with Gasteiger partial charge in [-0.05, 0) is 64.7 Å². The Morgan fingerprint density at radius 1 is 1.00 bits per heavy atom. The standard InChI is InChI=1S/C20H34O3/c1-15(2)16-7-12-18(3,21)10-6-11-19(4,22)13-9-17-20(5,23-17)14-8-16/h6-7,11-12,15-17,21-22H,8-10,13-14H2,1-5H3/b11-6+,12-7?/t16-,17-,18+,19+,20-/m0/s1. The lowest BCUT2D eigenvalue weighted by atomic mass is 9.84. The number of hydrogen-bond acceptors (Lipinski definition) is 3. The Morgan fingerprint density at radius 3 is 2.35 bits per heavy atom. The predicted octanol–water partition coefficient (Wildman–Crippen LogP) is 3.99. The average Bonchev–Trinajstić information content (AvgIpc) is 3.06. The summed E-state index contributed by atoms with van der Waals surface area (Å²) in [6.07, 6.45) is 12.3. The van der Waals surface area contributed by atoms with Crippen molar-refractivity contribution in [2.45, 2.75) is 89.6 Å². The van der Waals surface area contributed by atoms with E-state index in [1.54, 1.807) is 0 Å². The minimum absolute atomic E-state index is 0.0343. The monoisotopic (exact) mass is 322 g/mol. The summed E-state index contributed by atoms with van der Waals surface area (Å²) < 4.78 is 5.93. The summed E-state index contributed by atoms with van der Waals surface area (Å²) in [5.41, 5.74) is -1.74. The van der Waals surface area contributed by atoms with E-state index in [0.717, 1.165) is 19.3 Å². The first-order chi connectivity index (χ1) is 10.5. The SMILES string of the molecule is CC(C)[C@H]1C=C[C@](C)(O)C/C=C/[C@@](C)(O)CC[C@@H]2O[C@@]2(C)CC1. The quantitative estimate of drug-likeness (QED) is 0.567. The summed E-state index contributed by atoms with van der Waals surface area (Å²) in [4.78, 5) is 0. The van der Waals surface area contributed by atoms with Gasteiger partial charge in [-0.15, -0.1) is 0 Å². The van der Waals surface area contributed by atoms with Crippen LogP contribution < -0.4 is 0 Å². The van der Waals surface area contributed by atoms with Crippen molar-refractivity contribution in [2.24, 2.45) is 11.8 Å². The van der Waals surface area contributed by atoms with Gasteiger partial charge in [-0.2, -0.15) is 0 Å². The molecule has 5 atom stereocenters. The van der Waals surface area contributed by atoms with Gasteiger partial charge >= 0.3 is 0 Å². The fourth-order valence-electron chi connectivity index (χ4n) is 3.44. The maximum absolute atomic E-state index is 10.5. The normalized spacial score (nSPS) is 47.0. The van der Waals surface area contributed by atoms with Crippen LogP contribution in [0, 0.1) is 11.8 Å². The Kier molecular flexibility index (Phi) is 5.44. The molecule has 2 aliphatic rings. The first-order valence-electron chi connectivity index (χ1n) is 9.03. The molecule has 0 aromatic heterocycles. The number of ether oxygens (including phenoxy) is 1. The smallest absolute Gasteiger partial charge is 0.0920 e. The van der Waals surface area contributed by atoms with Gasteiger partial charge in [-0.3, -0.25) is 0 Å². The van der Waals surface area contributed by atoms with E-state index in [-0.39, 0.29) is 11.7 Å². The van der Waals surface area contributed by atoms with E-state index in [1.165, 1.54) is 0 Å². The number of rotatable bonds is 1. The highest BCUT2D eigenvalue weighted by Crippen LogP contribution is 2.45. The van der Waals surface area contributed by atoms with Crippen molar-refractivity contribution >= 4 is 0 Å². The molecule has 1 aliphatic heterocycles. The number of aliphatic hydroxyl groups is 2. The van der Waals surface area contributed by atoms with Gasteiger partial charge < -0.3 is 14.9 Å². The summed E-state index contributed by atoms with van der Waals surface area (Å²) in [5, 5.41) is 21.0. The molecule has 3 heteroatoms. The molecule has 1 heterocycles. The van der Waals surface area contributed by atoms with E-state index in [1.807, 2.05) is 32.1 Å². The molecule has 0 saturated carbocycles. The molecule has 0 radical (unpaired) electrons. The molecular formula is C20H34O3. The maximum atomic E-state index is 10.5. The lowest BCUT2D eigenvalue weighted by Gasteiger charge is -2.24. The number of allylic oxidation sites excluding steroid dienone is 1. The first kappa shape index (κ1) is 18.7. The Bertz CT molecular complexity index is 462. The van der Waals surface area contributed by atoms with Gasteiger partial charge in [-0.25, -0.2) is 0 Å². The molecule has 2 rings (SSSR count). The average molecular weight is 322 g/mol. The molecule has 1 aliphatic carbocycles. The molecule has 3 nitrogen and oxygen atoms in total. The van der Waals surface area contributed by atoms with Crippen molar-refractivity contribution in [2.75, 3.05) is 0 Å². The molecule has 23 heavy (non-hydrogen) atoms. The number of hydrogen-bond donors (Lipinski definition) is 2. The van der Waals surface area contributed by atoms with Crippen LogP contribution >= 0.6 is 0 Å². The molecule has 1 fully saturated rings. The van der Waals surface area contributed by atoms with Gasteiger partial charge in [0.2, 0.25) is 0 Å². The third-order valence-corrected chi connectivity index (χ3v) is 5.49. The molecule has 0 aromatic carbocycles. The molecule has 0 unspecified atom stereocenters. The van der Waals surface area contributed by atoms with E-state index in [2.05, 4.69) is 26.8 Å². The van der Waals surface area contributed by atoms with Crippen LogP contribution in [0.1, 0.15) is 66.7 Å². The largest absolute Gasteiger partial charge is 0.386 e. The third-order valence-electron chi connectivity index (χ3n) is 5.49. The minimum atomic E-state index is -0.869. The van der Waals surface area contributed by atoms with E-state index >= 15 is 0 Å². The zero-order valence-corrected chi connectivity index (χ0v) is 15.4. The fourth-order valence-corrected chi connectivity index (χ4v) is 3.44. The van der Waals surface area contributed by atoms with Gasteiger partial charge in [0.25, 0.3) is 0 Å². The highest BCUT2D eigenvalue weighted by atomic mass is 16.6. The first-order valence-corrected chi connectivity index (χ1v) is 9.03. The van der Waals surface area contributed by atoms with Crippen LogP contribution in [-0.4, -0.2) is 33.1 Å². The van der Waals surface area contributed by atoms with Crippen molar-refractivity contribution in [3.8, 4) is 0 Å². The van der Waals surface area contributed by atoms with Crippen molar-refractivity contribution in [3.05, 3.63) is 24.3 Å². The van der Waals surface area contributed by atoms with Crippen molar-refractivity contribution in [1.29, 1.82) is 0 Å². The van der Waals surface area contributed by atoms with Gasteiger partial charge in [0.1, 0.15) is 0 Å². The third kappa shape index (κ3) is 5.44. The van der Waals surface area contributed by atoms with Gasteiger partial charge in [-0.1, -0.05) is 38.2 Å². The van der Waals surface area contributed by atoms with Crippen LogP contribution in [0.5, 0.6) is 0 Å². The summed E-state index contributed by atoms with van der Waals surface area (Å²) in [6, 6.07) is 0. The molecular weight excluding hydrogens is 288 g/mol. The van der Waals surface area contributed by atoms with Crippen LogP contribution in [-0.2, 0) is 4.74 Å². The molecule has 1 saturated heterocycles. The van der Waals surface area contributed by atoms with Crippen LogP contribution in [0.25, 0.3) is 0 Å². The van der Waals surface area contributed by atoms with E-state index < -0.39 is 11.2 Å². The van der Waals surface area contributed by atoms with Gasteiger partial charge in [0.15, 0.2) is 0 Å². The molecule has 0 amide bonds. The number of epoxide rings is 1. The summed E-state index contributed by atoms with van der Waals surface area (Å²) in [7, 11) is 0. The Balaban J connectivity index is 2.16. The minimum Gasteiger partial charge on any atom is -0.386 e.